The Balaban J connectivity index is 1.54. The van der Waals surface area contributed by atoms with Crippen molar-refractivity contribution < 1.29 is 14.4 Å². The molecule has 2 aliphatic rings. The molecule has 1 aliphatic heterocycles. The third-order valence-electron chi connectivity index (χ3n) is 4.86. The zero-order chi connectivity index (χ0) is 18.7. The summed E-state index contributed by atoms with van der Waals surface area (Å²) in [7, 11) is 0. The lowest BCUT2D eigenvalue weighted by atomic mass is 9.90. The molecule has 1 fully saturated rings. The predicted molar refractivity (Wildman–Crippen MR) is 99.1 cm³/mol. The van der Waals surface area contributed by atoms with E-state index in [1.54, 1.807) is 12.1 Å². The minimum absolute atomic E-state index is 0.0203. The number of amides is 3. The summed E-state index contributed by atoms with van der Waals surface area (Å²) in [6.45, 7) is 0.347. The normalized spacial score (nSPS) is 21.7. The minimum Gasteiger partial charge on any atom is -0.353 e. The van der Waals surface area contributed by atoms with Gasteiger partial charge in [0.25, 0.3) is 5.91 Å². The molecular formula is C18H23ClN4O3. The lowest BCUT2D eigenvalue weighted by Gasteiger charge is -2.29. The molecule has 140 valence electrons. The molecule has 0 aromatic heterocycles. The number of hydrogen-bond acceptors (Lipinski definition) is 4. The molecule has 26 heavy (non-hydrogen) atoms. The van der Waals surface area contributed by atoms with Crippen molar-refractivity contribution in [1.82, 2.24) is 10.6 Å². The van der Waals surface area contributed by atoms with E-state index in [0.717, 1.165) is 31.2 Å². The van der Waals surface area contributed by atoms with Crippen molar-refractivity contribution in [1.29, 1.82) is 0 Å². The van der Waals surface area contributed by atoms with Gasteiger partial charge in [0.1, 0.15) is 0 Å². The van der Waals surface area contributed by atoms with Crippen LogP contribution in [-0.2, 0) is 16.0 Å². The zero-order valence-electron chi connectivity index (χ0n) is 14.4. The zero-order valence-corrected chi connectivity index (χ0v) is 15.2. The van der Waals surface area contributed by atoms with Crippen molar-refractivity contribution in [2.24, 2.45) is 5.73 Å². The molecule has 0 bridgehead atoms. The average molecular weight is 379 g/mol. The standard InChI is InChI=1S/C18H23ClN4O3/c19-14-9-15-10(8-17(25)23-15)7-13(14)18(26)22-12-3-1-11(2-4-12)21-16(24)5-6-20/h7,9,11-12H,1-6,8,20H2,(H,21,24)(H,22,26)(H,23,25). The summed E-state index contributed by atoms with van der Waals surface area (Å²) in [5, 5.41) is 9.03. The van der Waals surface area contributed by atoms with Gasteiger partial charge in [0.15, 0.2) is 0 Å². The van der Waals surface area contributed by atoms with Crippen LogP contribution in [0.2, 0.25) is 5.02 Å². The molecule has 0 saturated heterocycles. The quantitative estimate of drug-likeness (QED) is 0.619. The second-order valence-electron chi connectivity index (χ2n) is 6.84. The number of carbonyl (C=O) groups is 3. The first-order chi connectivity index (χ1) is 12.5. The van der Waals surface area contributed by atoms with Crippen LogP contribution >= 0.6 is 11.6 Å². The Morgan fingerprint density at radius 3 is 2.46 bits per heavy atom. The Morgan fingerprint density at radius 2 is 1.81 bits per heavy atom. The van der Waals surface area contributed by atoms with Gasteiger partial charge in [-0.25, -0.2) is 0 Å². The number of fused-ring (bicyclic) bond motifs is 1. The Morgan fingerprint density at radius 1 is 1.15 bits per heavy atom. The minimum atomic E-state index is -0.229. The van der Waals surface area contributed by atoms with Crippen LogP contribution in [0.1, 0.15) is 48.0 Å². The largest absolute Gasteiger partial charge is 0.353 e. The smallest absolute Gasteiger partial charge is 0.253 e. The van der Waals surface area contributed by atoms with Gasteiger partial charge < -0.3 is 21.7 Å². The van der Waals surface area contributed by atoms with Crippen molar-refractivity contribution in [3.63, 3.8) is 0 Å². The maximum atomic E-state index is 12.6. The van der Waals surface area contributed by atoms with E-state index in [1.165, 1.54) is 0 Å². The van der Waals surface area contributed by atoms with Gasteiger partial charge in [-0.3, -0.25) is 14.4 Å². The first-order valence-corrected chi connectivity index (χ1v) is 9.26. The predicted octanol–water partition coefficient (Wildman–Crippen LogP) is 1.34. The Bertz CT molecular complexity index is 729. The number of nitrogens with one attached hydrogen (secondary N) is 3. The van der Waals surface area contributed by atoms with Gasteiger partial charge in [-0.2, -0.15) is 0 Å². The van der Waals surface area contributed by atoms with Crippen molar-refractivity contribution in [3.8, 4) is 0 Å². The molecule has 7 nitrogen and oxygen atoms in total. The number of carbonyl (C=O) groups excluding carboxylic acids is 3. The lowest BCUT2D eigenvalue weighted by molar-refractivity contribution is -0.121. The maximum Gasteiger partial charge on any atom is 0.253 e. The van der Waals surface area contributed by atoms with Gasteiger partial charge in [0, 0.05) is 30.7 Å². The molecule has 5 N–H and O–H groups in total. The van der Waals surface area contributed by atoms with Crippen LogP contribution < -0.4 is 21.7 Å². The molecule has 1 aromatic carbocycles. The lowest BCUT2D eigenvalue weighted by Crippen LogP contribution is -2.44. The highest BCUT2D eigenvalue weighted by Crippen LogP contribution is 2.30. The second kappa shape index (κ2) is 8.05. The van der Waals surface area contributed by atoms with Crippen molar-refractivity contribution in [2.45, 2.75) is 50.6 Å². The average Bonchev–Trinajstić information content (AvgIpc) is 2.95. The molecule has 1 aromatic rings. The molecule has 1 heterocycles. The van der Waals surface area contributed by atoms with Crippen LogP contribution in [0.5, 0.6) is 0 Å². The fourth-order valence-electron chi connectivity index (χ4n) is 3.50. The Hall–Kier alpha value is -2.12. The van der Waals surface area contributed by atoms with Gasteiger partial charge in [-0.15, -0.1) is 0 Å². The van der Waals surface area contributed by atoms with Crippen LogP contribution in [0.25, 0.3) is 0 Å². The first kappa shape index (κ1) is 18.7. The van der Waals surface area contributed by atoms with Crippen molar-refractivity contribution in [3.05, 3.63) is 28.3 Å². The summed E-state index contributed by atoms with van der Waals surface area (Å²) in [5.41, 5.74) is 7.23. The number of rotatable bonds is 5. The van der Waals surface area contributed by atoms with Gasteiger partial charge in [-0.1, -0.05) is 11.6 Å². The summed E-state index contributed by atoms with van der Waals surface area (Å²) in [6.07, 6.45) is 3.82. The Labute approximate surface area is 157 Å². The summed E-state index contributed by atoms with van der Waals surface area (Å²) in [5.74, 6) is -0.343. The highest BCUT2D eigenvalue weighted by Gasteiger charge is 2.26. The third kappa shape index (κ3) is 4.34. The van der Waals surface area contributed by atoms with E-state index in [4.69, 9.17) is 17.3 Å². The number of hydrogen-bond donors (Lipinski definition) is 4. The van der Waals surface area contributed by atoms with Crippen molar-refractivity contribution >= 4 is 35.0 Å². The Kier molecular flexibility index (Phi) is 5.78. The highest BCUT2D eigenvalue weighted by molar-refractivity contribution is 6.34. The summed E-state index contributed by atoms with van der Waals surface area (Å²) in [6, 6.07) is 3.50. The maximum absolute atomic E-state index is 12.6. The summed E-state index contributed by atoms with van der Waals surface area (Å²) >= 11 is 6.21. The summed E-state index contributed by atoms with van der Waals surface area (Å²) in [4.78, 5) is 35.6. The molecule has 1 aliphatic carbocycles. The molecule has 3 amide bonds. The second-order valence-corrected chi connectivity index (χ2v) is 7.25. The number of nitrogens with two attached hydrogens (primary N) is 1. The van der Waals surface area contributed by atoms with Crippen LogP contribution in [0.15, 0.2) is 12.1 Å². The molecule has 0 spiro atoms. The molecule has 3 rings (SSSR count). The topological polar surface area (TPSA) is 113 Å². The van der Waals surface area contributed by atoms with Gasteiger partial charge in [0.2, 0.25) is 11.8 Å². The first-order valence-electron chi connectivity index (χ1n) is 8.89. The number of anilines is 1. The fourth-order valence-corrected chi connectivity index (χ4v) is 3.75. The van der Waals surface area contributed by atoms with Crippen LogP contribution in [-0.4, -0.2) is 36.3 Å². The SMILES string of the molecule is NCCC(=O)NC1CCC(NC(=O)c2cc3c(cc2Cl)NC(=O)C3)CC1. The van der Waals surface area contributed by atoms with Crippen molar-refractivity contribution in [2.75, 3.05) is 11.9 Å². The van der Waals surface area contributed by atoms with E-state index in [-0.39, 0.29) is 36.2 Å². The highest BCUT2D eigenvalue weighted by atomic mass is 35.5. The fraction of sp³-hybridized carbons (Fsp3) is 0.500. The molecule has 1 saturated carbocycles. The number of benzene rings is 1. The molecule has 8 heteroatoms. The van der Waals surface area contributed by atoms with Crippen LogP contribution in [0.4, 0.5) is 5.69 Å². The van der Waals surface area contributed by atoms with E-state index in [1.807, 2.05) is 0 Å². The van der Waals surface area contributed by atoms with Gasteiger partial charge in [-0.05, 0) is 43.4 Å². The third-order valence-corrected chi connectivity index (χ3v) is 5.17. The molecular weight excluding hydrogens is 356 g/mol. The van der Waals surface area contributed by atoms with E-state index in [2.05, 4.69) is 16.0 Å². The van der Waals surface area contributed by atoms with E-state index in [9.17, 15) is 14.4 Å². The molecule has 0 atom stereocenters. The van der Waals surface area contributed by atoms with Gasteiger partial charge in [0.05, 0.1) is 17.0 Å². The summed E-state index contributed by atoms with van der Waals surface area (Å²) < 4.78 is 0. The van der Waals surface area contributed by atoms with Gasteiger partial charge >= 0.3 is 0 Å². The van der Waals surface area contributed by atoms with Crippen LogP contribution in [0, 0.1) is 0 Å². The molecule has 0 unspecified atom stereocenters. The van der Waals surface area contributed by atoms with E-state index < -0.39 is 0 Å². The van der Waals surface area contributed by atoms with Crippen LogP contribution in [0.3, 0.4) is 0 Å². The monoisotopic (exact) mass is 378 g/mol. The molecule has 0 radical (unpaired) electrons. The number of halogens is 1. The van der Waals surface area contributed by atoms with E-state index >= 15 is 0 Å². The van der Waals surface area contributed by atoms with E-state index in [0.29, 0.717) is 29.2 Å².